The molecule has 6 heteroatoms. The molecule has 6 nitrogen and oxygen atoms in total. The van der Waals surface area contributed by atoms with Crippen LogP contribution in [0.2, 0.25) is 0 Å². The molecule has 0 aliphatic carbocycles. The molecule has 0 aromatic heterocycles. The summed E-state index contributed by atoms with van der Waals surface area (Å²) in [5.41, 5.74) is 2.72. The highest BCUT2D eigenvalue weighted by Crippen LogP contribution is 2.13. The van der Waals surface area contributed by atoms with Crippen molar-refractivity contribution >= 4 is 5.96 Å². The first-order valence-electron chi connectivity index (χ1n) is 10.9. The molecule has 0 bridgehead atoms. The third kappa shape index (κ3) is 7.08. The van der Waals surface area contributed by atoms with Gasteiger partial charge in [0, 0.05) is 46.3 Å². The maximum Gasteiger partial charge on any atom is 0.191 e. The van der Waals surface area contributed by atoms with Gasteiger partial charge in [0.25, 0.3) is 0 Å². The lowest BCUT2D eigenvalue weighted by molar-refractivity contribution is 0.0341. The first kappa shape index (κ1) is 21.1. The quantitative estimate of drug-likeness (QED) is 0.554. The molecule has 2 N–H and O–H groups in total. The highest BCUT2D eigenvalue weighted by atomic mass is 16.5. The van der Waals surface area contributed by atoms with Gasteiger partial charge in [-0.3, -0.25) is 9.89 Å². The first-order chi connectivity index (χ1) is 13.8. The largest absolute Gasteiger partial charge is 0.379 e. The van der Waals surface area contributed by atoms with Crippen molar-refractivity contribution in [3.8, 4) is 0 Å². The van der Waals surface area contributed by atoms with Crippen LogP contribution in [0.15, 0.2) is 29.3 Å². The standard InChI is InChI=1S/C22H37N5O/c1-23-22(24-10-13-26-11-6-2-3-7-12-26)25-18-20-8-4-5-9-21(20)19-27-14-16-28-17-15-27/h4-5,8-9H,2-3,6-7,10-19H2,1H3,(H2,23,24,25). The van der Waals surface area contributed by atoms with Gasteiger partial charge < -0.3 is 20.3 Å². The molecule has 0 radical (unpaired) electrons. The van der Waals surface area contributed by atoms with Crippen LogP contribution in [0.25, 0.3) is 0 Å². The SMILES string of the molecule is CN=C(NCCN1CCCCCC1)NCc1ccccc1CN1CCOCC1. The zero-order chi connectivity index (χ0) is 19.4. The number of aliphatic imine (C=N–C) groups is 1. The Morgan fingerprint density at radius 2 is 1.64 bits per heavy atom. The minimum Gasteiger partial charge on any atom is -0.379 e. The van der Waals surface area contributed by atoms with Crippen molar-refractivity contribution in [2.75, 3.05) is 59.5 Å². The molecule has 0 spiro atoms. The van der Waals surface area contributed by atoms with E-state index in [0.29, 0.717) is 0 Å². The van der Waals surface area contributed by atoms with Gasteiger partial charge in [0.05, 0.1) is 13.2 Å². The van der Waals surface area contributed by atoms with Crippen molar-refractivity contribution in [3.63, 3.8) is 0 Å². The van der Waals surface area contributed by atoms with E-state index in [1.165, 1.54) is 49.9 Å². The number of morpholine rings is 1. The normalized spacial score (nSPS) is 20.0. The highest BCUT2D eigenvalue weighted by Gasteiger charge is 2.13. The van der Waals surface area contributed by atoms with Gasteiger partial charge in [-0.2, -0.15) is 0 Å². The predicted octanol–water partition coefficient (Wildman–Crippen LogP) is 2.06. The Morgan fingerprint density at radius 3 is 2.36 bits per heavy atom. The van der Waals surface area contributed by atoms with E-state index in [4.69, 9.17) is 4.74 Å². The summed E-state index contributed by atoms with van der Waals surface area (Å²) in [6, 6.07) is 8.71. The number of rotatable bonds is 7. The number of ether oxygens (including phenoxy) is 1. The monoisotopic (exact) mass is 387 g/mol. The average Bonchev–Trinajstić information content (AvgIpc) is 3.01. The molecule has 0 saturated carbocycles. The highest BCUT2D eigenvalue weighted by molar-refractivity contribution is 5.79. The summed E-state index contributed by atoms with van der Waals surface area (Å²) in [6.45, 7) is 10.0. The number of nitrogens with zero attached hydrogens (tertiary/aromatic N) is 3. The molecule has 2 aliphatic rings. The summed E-state index contributed by atoms with van der Waals surface area (Å²) >= 11 is 0. The van der Waals surface area contributed by atoms with E-state index in [2.05, 4.69) is 49.7 Å². The summed E-state index contributed by atoms with van der Waals surface area (Å²) in [5, 5.41) is 6.97. The smallest absolute Gasteiger partial charge is 0.191 e. The van der Waals surface area contributed by atoms with Crippen LogP contribution in [0.5, 0.6) is 0 Å². The van der Waals surface area contributed by atoms with E-state index in [1.54, 1.807) is 0 Å². The van der Waals surface area contributed by atoms with Gasteiger partial charge >= 0.3 is 0 Å². The van der Waals surface area contributed by atoms with E-state index in [-0.39, 0.29) is 0 Å². The van der Waals surface area contributed by atoms with Crippen molar-refractivity contribution in [3.05, 3.63) is 35.4 Å². The third-order valence-corrected chi connectivity index (χ3v) is 5.71. The van der Waals surface area contributed by atoms with Crippen LogP contribution >= 0.6 is 0 Å². The summed E-state index contributed by atoms with van der Waals surface area (Å²) in [4.78, 5) is 9.44. The number of hydrogen-bond acceptors (Lipinski definition) is 4. The minimum absolute atomic E-state index is 0.796. The number of likely N-dealkylation sites (tertiary alicyclic amines) is 1. The summed E-state index contributed by atoms with van der Waals surface area (Å²) in [5.74, 6) is 0.885. The van der Waals surface area contributed by atoms with E-state index in [0.717, 1.165) is 58.4 Å². The second kappa shape index (κ2) is 12.0. The van der Waals surface area contributed by atoms with Gasteiger partial charge in [0.15, 0.2) is 5.96 Å². The lowest BCUT2D eigenvalue weighted by Gasteiger charge is -2.27. The molecule has 2 heterocycles. The summed E-state index contributed by atoms with van der Waals surface area (Å²) in [6.07, 6.45) is 5.45. The summed E-state index contributed by atoms with van der Waals surface area (Å²) < 4.78 is 5.47. The molecule has 1 aromatic carbocycles. The molecule has 2 fully saturated rings. The fourth-order valence-electron chi connectivity index (χ4n) is 3.98. The molecule has 156 valence electrons. The van der Waals surface area contributed by atoms with Crippen molar-refractivity contribution in [1.29, 1.82) is 0 Å². The lowest BCUT2D eigenvalue weighted by Crippen LogP contribution is -2.41. The van der Waals surface area contributed by atoms with E-state index < -0.39 is 0 Å². The minimum atomic E-state index is 0.796. The number of guanidine groups is 1. The molecule has 0 unspecified atom stereocenters. The Kier molecular flexibility index (Phi) is 9.07. The molecule has 2 saturated heterocycles. The predicted molar refractivity (Wildman–Crippen MR) is 116 cm³/mol. The fourth-order valence-corrected chi connectivity index (χ4v) is 3.98. The van der Waals surface area contributed by atoms with Crippen LogP contribution in [0.3, 0.4) is 0 Å². The van der Waals surface area contributed by atoms with Crippen molar-refractivity contribution < 1.29 is 4.74 Å². The van der Waals surface area contributed by atoms with Crippen molar-refractivity contribution in [2.24, 2.45) is 4.99 Å². The van der Waals surface area contributed by atoms with Crippen LogP contribution in [0.1, 0.15) is 36.8 Å². The Labute approximate surface area is 170 Å². The first-order valence-corrected chi connectivity index (χ1v) is 10.9. The van der Waals surface area contributed by atoms with Crippen LogP contribution in [-0.2, 0) is 17.8 Å². The second-order valence-corrected chi connectivity index (χ2v) is 7.77. The fraction of sp³-hybridized carbons (Fsp3) is 0.682. The zero-order valence-corrected chi connectivity index (χ0v) is 17.5. The van der Waals surface area contributed by atoms with Crippen molar-refractivity contribution in [1.82, 2.24) is 20.4 Å². The Bertz CT molecular complexity index is 592. The van der Waals surface area contributed by atoms with Gasteiger partial charge in [-0.15, -0.1) is 0 Å². The van der Waals surface area contributed by atoms with Crippen LogP contribution in [0.4, 0.5) is 0 Å². The topological polar surface area (TPSA) is 52.1 Å². The molecule has 0 amide bonds. The van der Waals surface area contributed by atoms with Crippen molar-refractivity contribution in [2.45, 2.75) is 38.8 Å². The molecule has 1 aromatic rings. The number of hydrogen-bond donors (Lipinski definition) is 2. The van der Waals surface area contributed by atoms with Gasteiger partial charge in [-0.1, -0.05) is 37.1 Å². The summed E-state index contributed by atoms with van der Waals surface area (Å²) in [7, 11) is 1.85. The maximum absolute atomic E-state index is 5.47. The molecule has 0 atom stereocenters. The molecule has 3 rings (SSSR count). The van der Waals surface area contributed by atoms with Gasteiger partial charge in [-0.25, -0.2) is 0 Å². The van der Waals surface area contributed by atoms with Crippen LogP contribution < -0.4 is 10.6 Å². The number of nitrogens with one attached hydrogen (secondary N) is 2. The second-order valence-electron chi connectivity index (χ2n) is 7.77. The van der Waals surface area contributed by atoms with Gasteiger partial charge in [0.2, 0.25) is 0 Å². The van der Waals surface area contributed by atoms with Crippen LogP contribution in [-0.4, -0.2) is 75.3 Å². The Morgan fingerprint density at radius 1 is 0.929 bits per heavy atom. The van der Waals surface area contributed by atoms with E-state index in [9.17, 15) is 0 Å². The Hall–Kier alpha value is -1.63. The molecular weight excluding hydrogens is 350 g/mol. The average molecular weight is 388 g/mol. The van der Waals surface area contributed by atoms with Gasteiger partial charge in [0.1, 0.15) is 0 Å². The number of benzene rings is 1. The van der Waals surface area contributed by atoms with E-state index in [1.807, 2.05) is 7.05 Å². The maximum atomic E-state index is 5.47. The van der Waals surface area contributed by atoms with Gasteiger partial charge in [-0.05, 0) is 37.1 Å². The molecular formula is C22H37N5O. The molecule has 28 heavy (non-hydrogen) atoms. The zero-order valence-electron chi connectivity index (χ0n) is 17.5. The Balaban J connectivity index is 1.44. The van der Waals surface area contributed by atoms with Crippen LogP contribution in [0, 0.1) is 0 Å². The molecule has 2 aliphatic heterocycles. The lowest BCUT2D eigenvalue weighted by atomic mass is 10.1. The third-order valence-electron chi connectivity index (χ3n) is 5.71. The van der Waals surface area contributed by atoms with E-state index >= 15 is 0 Å².